The molecule has 0 aliphatic carbocycles. The van der Waals surface area contributed by atoms with E-state index in [9.17, 15) is 14.0 Å². The van der Waals surface area contributed by atoms with E-state index in [2.05, 4.69) is 27.1 Å². The first-order chi connectivity index (χ1) is 12.1. The van der Waals surface area contributed by atoms with Crippen LogP contribution in [0.25, 0.3) is 5.69 Å². The molecular weight excluding hydrogens is 345 g/mol. The first kappa shape index (κ1) is 17.2. The predicted octanol–water partition coefficient (Wildman–Crippen LogP) is 1.88. The maximum Gasteiger partial charge on any atom is 0.325 e. The molecule has 2 heterocycles. The van der Waals surface area contributed by atoms with Crippen LogP contribution in [0.15, 0.2) is 45.1 Å². The van der Waals surface area contributed by atoms with Gasteiger partial charge in [0, 0.05) is 29.6 Å². The minimum Gasteiger partial charge on any atom is -0.311 e. The maximum absolute atomic E-state index is 13.2. The normalized spacial score (nSPS) is 11.0. The fourth-order valence-corrected chi connectivity index (χ4v) is 3.16. The number of hydrogen-bond donors (Lipinski definition) is 2. The quantitative estimate of drug-likeness (QED) is 0.654. The summed E-state index contributed by atoms with van der Waals surface area (Å²) in [6, 6.07) is 7.31. The minimum absolute atomic E-state index is 0.218. The summed E-state index contributed by atoms with van der Waals surface area (Å²) in [5.41, 5.74) is 0.0897. The molecule has 130 valence electrons. The molecule has 2 aromatic heterocycles. The second-order valence-corrected chi connectivity index (χ2v) is 6.41. The summed E-state index contributed by atoms with van der Waals surface area (Å²) in [6.07, 6.45) is 1.19. The van der Waals surface area contributed by atoms with Crippen LogP contribution in [0.2, 0.25) is 0 Å². The lowest BCUT2D eigenvalue weighted by Gasteiger charge is -2.10. The average Bonchev–Trinajstić information content (AvgIpc) is 2.95. The van der Waals surface area contributed by atoms with Gasteiger partial charge in [-0.2, -0.15) is 0 Å². The monoisotopic (exact) mass is 361 g/mol. The molecule has 0 fully saturated rings. The molecule has 0 spiro atoms. The second-order valence-electron chi connectivity index (χ2n) is 5.35. The Balaban J connectivity index is 2.03. The molecule has 0 aliphatic heterocycles. The molecular formula is C16H16FN5O2S. The van der Waals surface area contributed by atoms with Crippen molar-refractivity contribution in [2.75, 3.05) is 5.75 Å². The van der Waals surface area contributed by atoms with E-state index < -0.39 is 11.2 Å². The Morgan fingerprint density at radius 2 is 1.92 bits per heavy atom. The van der Waals surface area contributed by atoms with Gasteiger partial charge in [-0.05, 0) is 30.7 Å². The van der Waals surface area contributed by atoms with E-state index >= 15 is 0 Å². The van der Waals surface area contributed by atoms with Crippen LogP contribution < -0.4 is 11.2 Å². The molecule has 0 bridgehead atoms. The lowest BCUT2D eigenvalue weighted by molar-refractivity contribution is 0.627. The molecule has 3 rings (SSSR count). The number of nitrogens with one attached hydrogen (secondary N) is 2. The largest absolute Gasteiger partial charge is 0.325 e. The highest BCUT2D eigenvalue weighted by molar-refractivity contribution is 7.99. The first-order valence-corrected chi connectivity index (χ1v) is 8.71. The molecule has 2 N–H and O–H groups in total. The zero-order chi connectivity index (χ0) is 17.8. The van der Waals surface area contributed by atoms with Gasteiger partial charge in [-0.15, -0.1) is 10.2 Å². The van der Waals surface area contributed by atoms with Crippen molar-refractivity contribution in [2.24, 2.45) is 0 Å². The number of H-pyrrole nitrogens is 2. The first-order valence-electron chi connectivity index (χ1n) is 7.72. The second kappa shape index (κ2) is 7.47. The summed E-state index contributed by atoms with van der Waals surface area (Å²) in [5, 5.41) is 9.06. The molecule has 0 amide bonds. The molecule has 0 unspecified atom stereocenters. The van der Waals surface area contributed by atoms with Crippen molar-refractivity contribution in [1.29, 1.82) is 0 Å². The Kier molecular flexibility index (Phi) is 5.13. The van der Waals surface area contributed by atoms with E-state index in [0.29, 0.717) is 22.4 Å². The molecule has 0 atom stereocenters. The summed E-state index contributed by atoms with van der Waals surface area (Å²) in [5.74, 6) is 1.08. The van der Waals surface area contributed by atoms with Crippen LogP contribution in [0.1, 0.15) is 24.9 Å². The third-order valence-electron chi connectivity index (χ3n) is 3.39. The van der Waals surface area contributed by atoms with Crippen LogP contribution in [-0.2, 0) is 6.42 Å². The SMILES string of the molecule is CCCSc1nnc(Cc2cc(=O)[nH]c(=O)[nH]2)n1-c1ccc(F)cc1. The molecule has 0 aliphatic rings. The number of nitrogens with zero attached hydrogens (tertiary/aromatic N) is 3. The summed E-state index contributed by atoms with van der Waals surface area (Å²) in [4.78, 5) is 27.6. The third kappa shape index (κ3) is 4.05. The number of aromatic amines is 2. The van der Waals surface area contributed by atoms with Gasteiger partial charge < -0.3 is 4.98 Å². The van der Waals surface area contributed by atoms with Gasteiger partial charge in [0.2, 0.25) is 0 Å². The molecule has 0 saturated carbocycles. The van der Waals surface area contributed by atoms with Gasteiger partial charge in [-0.1, -0.05) is 18.7 Å². The average molecular weight is 361 g/mol. The van der Waals surface area contributed by atoms with Crippen molar-refractivity contribution < 1.29 is 4.39 Å². The van der Waals surface area contributed by atoms with Gasteiger partial charge >= 0.3 is 5.69 Å². The highest BCUT2D eigenvalue weighted by Crippen LogP contribution is 2.23. The third-order valence-corrected chi connectivity index (χ3v) is 4.52. The summed E-state index contributed by atoms with van der Waals surface area (Å²) >= 11 is 1.54. The van der Waals surface area contributed by atoms with Crippen molar-refractivity contribution in [3.05, 3.63) is 68.5 Å². The van der Waals surface area contributed by atoms with Crippen molar-refractivity contribution in [2.45, 2.75) is 24.9 Å². The van der Waals surface area contributed by atoms with E-state index in [-0.39, 0.29) is 12.2 Å². The molecule has 9 heteroatoms. The number of thioether (sulfide) groups is 1. The molecule has 0 saturated heterocycles. The zero-order valence-corrected chi connectivity index (χ0v) is 14.3. The lowest BCUT2D eigenvalue weighted by Crippen LogP contribution is -2.23. The lowest BCUT2D eigenvalue weighted by atomic mass is 10.2. The van der Waals surface area contributed by atoms with E-state index in [1.165, 1.54) is 30.0 Å². The summed E-state index contributed by atoms with van der Waals surface area (Å²) in [7, 11) is 0. The Morgan fingerprint density at radius 3 is 2.60 bits per heavy atom. The van der Waals surface area contributed by atoms with Gasteiger partial charge in [0.25, 0.3) is 5.56 Å². The molecule has 3 aromatic rings. The van der Waals surface area contributed by atoms with Crippen LogP contribution in [0.4, 0.5) is 4.39 Å². The Labute approximate surface area is 146 Å². The van der Waals surface area contributed by atoms with Crippen molar-refractivity contribution in [1.82, 2.24) is 24.7 Å². The maximum atomic E-state index is 13.2. The van der Waals surface area contributed by atoms with E-state index in [1.54, 1.807) is 16.7 Å². The minimum atomic E-state index is -0.573. The fourth-order valence-electron chi connectivity index (χ4n) is 2.34. The van der Waals surface area contributed by atoms with E-state index in [4.69, 9.17) is 0 Å². The molecule has 0 radical (unpaired) electrons. The highest BCUT2D eigenvalue weighted by Gasteiger charge is 2.15. The molecule has 7 nitrogen and oxygen atoms in total. The van der Waals surface area contributed by atoms with Gasteiger partial charge in [-0.25, -0.2) is 9.18 Å². The smallest absolute Gasteiger partial charge is 0.311 e. The van der Waals surface area contributed by atoms with Gasteiger partial charge in [-0.3, -0.25) is 14.3 Å². The number of rotatable bonds is 6. The zero-order valence-electron chi connectivity index (χ0n) is 13.5. The number of benzene rings is 1. The summed E-state index contributed by atoms with van der Waals surface area (Å²) < 4.78 is 15.0. The Morgan fingerprint density at radius 1 is 1.16 bits per heavy atom. The number of hydrogen-bond acceptors (Lipinski definition) is 5. The fraction of sp³-hybridized carbons (Fsp3) is 0.250. The van der Waals surface area contributed by atoms with Gasteiger partial charge in [0.15, 0.2) is 5.16 Å². The topological polar surface area (TPSA) is 96.4 Å². The van der Waals surface area contributed by atoms with Crippen LogP contribution in [-0.4, -0.2) is 30.5 Å². The van der Waals surface area contributed by atoms with Crippen molar-refractivity contribution in [3.8, 4) is 5.69 Å². The Bertz CT molecular complexity index is 949. The van der Waals surface area contributed by atoms with Crippen molar-refractivity contribution in [3.63, 3.8) is 0 Å². The van der Waals surface area contributed by atoms with E-state index in [0.717, 1.165) is 12.2 Å². The predicted molar refractivity (Wildman–Crippen MR) is 92.8 cm³/mol. The van der Waals surface area contributed by atoms with Gasteiger partial charge in [0.05, 0.1) is 0 Å². The standard InChI is InChI=1S/C16H16FN5O2S/c1-2-7-25-16-21-20-13(8-11-9-14(23)19-15(24)18-11)22(16)12-5-3-10(17)4-6-12/h3-6,9H,2,7-8H2,1H3,(H2,18,19,23,24). The van der Waals surface area contributed by atoms with Crippen LogP contribution >= 0.6 is 11.8 Å². The number of aromatic nitrogens is 5. The van der Waals surface area contributed by atoms with Crippen LogP contribution in [0, 0.1) is 5.82 Å². The van der Waals surface area contributed by atoms with E-state index in [1.807, 2.05) is 0 Å². The molecule has 25 heavy (non-hydrogen) atoms. The number of halogens is 1. The van der Waals surface area contributed by atoms with Crippen molar-refractivity contribution >= 4 is 11.8 Å². The van der Waals surface area contributed by atoms with Crippen LogP contribution in [0.3, 0.4) is 0 Å². The summed E-state index contributed by atoms with van der Waals surface area (Å²) in [6.45, 7) is 2.06. The molecule has 1 aromatic carbocycles. The Hall–Kier alpha value is -2.68. The van der Waals surface area contributed by atoms with Gasteiger partial charge in [0.1, 0.15) is 11.6 Å². The van der Waals surface area contributed by atoms with Crippen LogP contribution in [0.5, 0.6) is 0 Å². The highest BCUT2D eigenvalue weighted by atomic mass is 32.2.